The Labute approximate surface area is 94.8 Å². The molecule has 7 nitrogen and oxygen atoms in total. The SMILES string of the molecule is NCC(Oc1c(F)cccc1[N+](=O)[O-])C(=O)O. The fourth-order valence-electron chi connectivity index (χ4n) is 1.10. The van der Waals surface area contributed by atoms with Crippen LogP contribution in [0.5, 0.6) is 5.75 Å². The highest BCUT2D eigenvalue weighted by atomic mass is 19.1. The second-order valence-corrected chi connectivity index (χ2v) is 3.03. The maximum atomic E-state index is 13.3. The number of benzene rings is 1. The largest absolute Gasteiger partial charge is 0.478 e. The predicted molar refractivity (Wildman–Crippen MR) is 54.2 cm³/mol. The first-order valence-corrected chi connectivity index (χ1v) is 4.49. The number of aliphatic carboxylic acids is 1. The van der Waals surface area contributed by atoms with E-state index in [4.69, 9.17) is 15.6 Å². The van der Waals surface area contributed by atoms with Crippen LogP contribution in [-0.2, 0) is 4.79 Å². The third-order valence-electron chi connectivity index (χ3n) is 1.89. The van der Waals surface area contributed by atoms with Gasteiger partial charge in [0, 0.05) is 12.6 Å². The van der Waals surface area contributed by atoms with E-state index < -0.39 is 40.8 Å². The van der Waals surface area contributed by atoms with E-state index in [0.29, 0.717) is 0 Å². The molecule has 0 spiro atoms. The van der Waals surface area contributed by atoms with Gasteiger partial charge in [-0.15, -0.1) is 0 Å². The van der Waals surface area contributed by atoms with Crippen molar-refractivity contribution in [3.8, 4) is 5.75 Å². The number of carboxylic acids is 1. The van der Waals surface area contributed by atoms with Gasteiger partial charge in [0.1, 0.15) is 0 Å². The Morgan fingerprint density at radius 1 is 1.65 bits per heavy atom. The Morgan fingerprint density at radius 3 is 2.76 bits per heavy atom. The van der Waals surface area contributed by atoms with Gasteiger partial charge in [0.15, 0.2) is 5.82 Å². The summed E-state index contributed by atoms with van der Waals surface area (Å²) in [5.74, 6) is -3.17. The van der Waals surface area contributed by atoms with Gasteiger partial charge >= 0.3 is 11.7 Å². The van der Waals surface area contributed by atoms with Crippen LogP contribution in [0.4, 0.5) is 10.1 Å². The molecule has 0 aliphatic carbocycles. The first-order chi connectivity index (χ1) is 7.97. The monoisotopic (exact) mass is 244 g/mol. The van der Waals surface area contributed by atoms with E-state index in [2.05, 4.69) is 0 Å². The van der Waals surface area contributed by atoms with E-state index in [1.165, 1.54) is 0 Å². The molecule has 0 fully saturated rings. The van der Waals surface area contributed by atoms with Crippen LogP contribution >= 0.6 is 0 Å². The highest BCUT2D eigenvalue weighted by molar-refractivity contribution is 5.73. The van der Waals surface area contributed by atoms with Crippen molar-refractivity contribution in [2.75, 3.05) is 6.54 Å². The molecule has 0 bridgehead atoms. The summed E-state index contributed by atoms with van der Waals surface area (Å²) in [5, 5.41) is 19.3. The number of nitrogens with zero attached hydrogens (tertiary/aromatic N) is 1. The summed E-state index contributed by atoms with van der Waals surface area (Å²) < 4.78 is 18.0. The number of nitrogens with two attached hydrogens (primary N) is 1. The lowest BCUT2D eigenvalue weighted by molar-refractivity contribution is -0.386. The van der Waals surface area contributed by atoms with Crippen LogP contribution in [0.15, 0.2) is 18.2 Å². The van der Waals surface area contributed by atoms with E-state index >= 15 is 0 Å². The van der Waals surface area contributed by atoms with Crippen molar-refractivity contribution in [3.63, 3.8) is 0 Å². The summed E-state index contributed by atoms with van der Waals surface area (Å²) in [5.41, 5.74) is 4.45. The third-order valence-corrected chi connectivity index (χ3v) is 1.89. The van der Waals surface area contributed by atoms with Gasteiger partial charge in [-0.1, -0.05) is 6.07 Å². The van der Waals surface area contributed by atoms with Gasteiger partial charge in [0.2, 0.25) is 11.9 Å². The Bertz CT molecular complexity index is 451. The second-order valence-electron chi connectivity index (χ2n) is 3.03. The zero-order valence-corrected chi connectivity index (χ0v) is 8.50. The zero-order chi connectivity index (χ0) is 13.0. The summed E-state index contributed by atoms with van der Waals surface area (Å²) >= 11 is 0. The maximum Gasteiger partial charge on any atom is 0.346 e. The minimum absolute atomic E-state index is 0.430. The Hall–Kier alpha value is -2.22. The number of nitro benzene ring substituents is 1. The molecule has 0 aromatic heterocycles. The average Bonchev–Trinajstić information content (AvgIpc) is 2.26. The molecule has 1 atom stereocenters. The maximum absolute atomic E-state index is 13.3. The van der Waals surface area contributed by atoms with Crippen LogP contribution in [0.3, 0.4) is 0 Å². The van der Waals surface area contributed by atoms with Gasteiger partial charge in [-0.05, 0) is 6.07 Å². The summed E-state index contributed by atoms with van der Waals surface area (Å²) in [6.07, 6.45) is -1.54. The van der Waals surface area contributed by atoms with Crippen molar-refractivity contribution >= 4 is 11.7 Å². The summed E-state index contributed by atoms with van der Waals surface area (Å²) in [7, 11) is 0. The molecule has 17 heavy (non-hydrogen) atoms. The number of hydrogen-bond acceptors (Lipinski definition) is 5. The second kappa shape index (κ2) is 5.21. The highest BCUT2D eigenvalue weighted by Crippen LogP contribution is 2.30. The minimum atomic E-state index is -1.54. The lowest BCUT2D eigenvalue weighted by Gasteiger charge is -2.13. The molecule has 92 valence electrons. The normalized spacial score (nSPS) is 11.9. The average molecular weight is 244 g/mol. The fourth-order valence-corrected chi connectivity index (χ4v) is 1.10. The lowest BCUT2D eigenvalue weighted by Crippen LogP contribution is -2.35. The molecule has 0 aliphatic rings. The smallest absolute Gasteiger partial charge is 0.346 e. The molecular formula is C9H9FN2O5. The van der Waals surface area contributed by atoms with Crippen LogP contribution in [-0.4, -0.2) is 28.6 Å². The quantitative estimate of drug-likeness (QED) is 0.576. The molecule has 1 aromatic rings. The molecule has 0 radical (unpaired) electrons. The van der Waals surface area contributed by atoms with E-state index in [9.17, 15) is 19.3 Å². The van der Waals surface area contributed by atoms with Gasteiger partial charge in [-0.3, -0.25) is 10.1 Å². The molecule has 0 amide bonds. The summed E-state index contributed by atoms with van der Waals surface area (Å²) in [6.45, 7) is -0.430. The summed E-state index contributed by atoms with van der Waals surface area (Å²) in [4.78, 5) is 20.4. The number of rotatable bonds is 5. The molecule has 0 heterocycles. The van der Waals surface area contributed by atoms with Crippen molar-refractivity contribution in [3.05, 3.63) is 34.1 Å². The molecule has 0 saturated heterocycles. The predicted octanol–water partition coefficient (Wildman–Crippen LogP) is 0.525. The van der Waals surface area contributed by atoms with Crippen LogP contribution in [0, 0.1) is 15.9 Å². The minimum Gasteiger partial charge on any atom is -0.478 e. The number of halogens is 1. The van der Waals surface area contributed by atoms with Gasteiger partial charge in [-0.25, -0.2) is 9.18 Å². The third kappa shape index (κ3) is 2.88. The van der Waals surface area contributed by atoms with Crippen molar-refractivity contribution in [2.45, 2.75) is 6.10 Å². The van der Waals surface area contributed by atoms with Crippen LogP contribution in [0.1, 0.15) is 0 Å². The van der Waals surface area contributed by atoms with Crippen molar-refractivity contribution in [1.82, 2.24) is 0 Å². The fraction of sp³-hybridized carbons (Fsp3) is 0.222. The molecule has 8 heteroatoms. The van der Waals surface area contributed by atoms with Crippen molar-refractivity contribution in [1.29, 1.82) is 0 Å². The number of carbonyl (C=O) groups is 1. The Kier molecular flexibility index (Phi) is 3.94. The van der Waals surface area contributed by atoms with E-state index in [1.54, 1.807) is 0 Å². The molecule has 3 N–H and O–H groups in total. The number of carboxylic acid groups (broad SMARTS) is 1. The number of hydrogen-bond donors (Lipinski definition) is 2. The van der Waals surface area contributed by atoms with E-state index in [-0.39, 0.29) is 0 Å². The Balaban J connectivity index is 3.12. The molecule has 1 aromatic carbocycles. The Morgan fingerprint density at radius 2 is 2.29 bits per heavy atom. The number of ether oxygens (including phenoxy) is 1. The van der Waals surface area contributed by atoms with E-state index in [1.807, 2.05) is 0 Å². The van der Waals surface area contributed by atoms with Crippen LogP contribution in [0.25, 0.3) is 0 Å². The molecule has 0 saturated carbocycles. The topological polar surface area (TPSA) is 116 Å². The molecular weight excluding hydrogens is 235 g/mol. The summed E-state index contributed by atoms with van der Waals surface area (Å²) in [6, 6.07) is 3.06. The number of nitro groups is 1. The zero-order valence-electron chi connectivity index (χ0n) is 8.50. The van der Waals surface area contributed by atoms with Crippen molar-refractivity contribution < 1.29 is 24.0 Å². The number of para-hydroxylation sites is 1. The highest BCUT2D eigenvalue weighted by Gasteiger charge is 2.25. The molecule has 1 unspecified atom stereocenters. The molecule has 1 rings (SSSR count). The first-order valence-electron chi connectivity index (χ1n) is 4.49. The van der Waals surface area contributed by atoms with Gasteiger partial charge in [-0.2, -0.15) is 0 Å². The van der Waals surface area contributed by atoms with Crippen molar-refractivity contribution in [2.24, 2.45) is 5.73 Å². The van der Waals surface area contributed by atoms with Crippen LogP contribution in [0.2, 0.25) is 0 Å². The van der Waals surface area contributed by atoms with Gasteiger partial charge < -0.3 is 15.6 Å². The van der Waals surface area contributed by atoms with Gasteiger partial charge in [0.05, 0.1) is 4.92 Å². The van der Waals surface area contributed by atoms with Crippen LogP contribution < -0.4 is 10.5 Å². The standard InChI is InChI=1S/C9H9FN2O5/c10-5-2-1-3-6(12(15)16)8(5)17-7(4-11)9(13)14/h1-3,7H,4,11H2,(H,13,14). The molecule has 0 aliphatic heterocycles. The lowest BCUT2D eigenvalue weighted by atomic mass is 10.2. The van der Waals surface area contributed by atoms with Gasteiger partial charge in [0.25, 0.3) is 0 Å². The first kappa shape index (κ1) is 12.8. The van der Waals surface area contributed by atoms with E-state index in [0.717, 1.165) is 18.2 Å².